The topological polar surface area (TPSA) is 81.7 Å². The predicted octanol–water partition coefficient (Wildman–Crippen LogP) is 4.01. The van der Waals surface area contributed by atoms with Gasteiger partial charge in [-0.05, 0) is 62.1 Å². The van der Waals surface area contributed by atoms with E-state index in [2.05, 4.69) is 4.72 Å². The molecular weight excluding hydrogens is 390 g/mol. The minimum atomic E-state index is -3.89. The largest absolute Gasteiger partial charge is 0.497 e. The van der Waals surface area contributed by atoms with Gasteiger partial charge in [-0.3, -0.25) is 4.79 Å². The molecule has 2 aromatic carbocycles. The maximum absolute atomic E-state index is 12.8. The SMILES string of the molecule is COc1ccc(-c2ccc(S(=O)(=O)N[C@H](C(=O)OC(C)(C)C)C(C)C)cc2)cc1. The quantitative estimate of drug-likeness (QED) is 0.686. The van der Waals surface area contributed by atoms with Crippen LogP contribution in [0.15, 0.2) is 53.4 Å². The third kappa shape index (κ3) is 6.30. The van der Waals surface area contributed by atoms with Gasteiger partial charge in [0.2, 0.25) is 10.0 Å². The molecule has 0 aromatic heterocycles. The molecule has 0 bridgehead atoms. The molecule has 29 heavy (non-hydrogen) atoms. The third-order valence-corrected chi connectivity index (χ3v) is 5.65. The summed E-state index contributed by atoms with van der Waals surface area (Å²) in [4.78, 5) is 12.5. The smallest absolute Gasteiger partial charge is 0.324 e. The standard InChI is InChI=1S/C22H29NO5S/c1-15(2)20(21(24)28-22(3,4)5)23-29(25,26)19-13-9-17(10-14-19)16-7-11-18(27-6)12-8-16/h7-15,20,23H,1-6H3/t20-/m0/s1. The van der Waals surface area contributed by atoms with Gasteiger partial charge in [0.15, 0.2) is 0 Å². The van der Waals surface area contributed by atoms with Crippen LogP contribution >= 0.6 is 0 Å². The van der Waals surface area contributed by atoms with E-state index in [-0.39, 0.29) is 10.8 Å². The van der Waals surface area contributed by atoms with Crippen molar-refractivity contribution < 1.29 is 22.7 Å². The number of hydrogen-bond acceptors (Lipinski definition) is 5. The molecule has 0 spiro atoms. The van der Waals surface area contributed by atoms with Crippen molar-refractivity contribution in [2.45, 2.75) is 51.2 Å². The fourth-order valence-corrected chi connectivity index (χ4v) is 4.00. The second-order valence-corrected chi connectivity index (χ2v) is 9.84. The van der Waals surface area contributed by atoms with E-state index in [4.69, 9.17) is 9.47 Å². The molecule has 0 radical (unpaired) electrons. The first kappa shape index (κ1) is 22.9. The lowest BCUT2D eigenvalue weighted by molar-refractivity contribution is -0.158. The van der Waals surface area contributed by atoms with E-state index in [9.17, 15) is 13.2 Å². The van der Waals surface area contributed by atoms with Crippen molar-refractivity contribution in [2.75, 3.05) is 7.11 Å². The number of carbonyl (C=O) groups excluding carboxylic acids is 1. The van der Waals surface area contributed by atoms with Gasteiger partial charge in [0, 0.05) is 0 Å². The average molecular weight is 420 g/mol. The number of rotatable bonds is 7. The molecule has 1 N–H and O–H groups in total. The first-order chi connectivity index (χ1) is 13.4. The van der Waals surface area contributed by atoms with Gasteiger partial charge in [0.1, 0.15) is 17.4 Å². The Morgan fingerprint density at radius 3 is 1.83 bits per heavy atom. The monoisotopic (exact) mass is 419 g/mol. The molecule has 0 fully saturated rings. The molecule has 0 aliphatic heterocycles. The highest BCUT2D eigenvalue weighted by Gasteiger charge is 2.32. The fourth-order valence-electron chi connectivity index (χ4n) is 2.67. The maximum Gasteiger partial charge on any atom is 0.324 e. The van der Waals surface area contributed by atoms with Crippen LogP contribution in [-0.4, -0.2) is 33.1 Å². The molecular formula is C22H29NO5S. The summed E-state index contributed by atoms with van der Waals surface area (Å²) in [6, 6.07) is 13.0. The van der Waals surface area contributed by atoms with Crippen molar-refractivity contribution in [3.05, 3.63) is 48.5 Å². The van der Waals surface area contributed by atoms with Crippen LogP contribution in [0.1, 0.15) is 34.6 Å². The van der Waals surface area contributed by atoms with E-state index in [0.29, 0.717) is 0 Å². The van der Waals surface area contributed by atoms with Crippen LogP contribution in [0.4, 0.5) is 0 Å². The molecule has 1 atom stereocenters. The number of carbonyl (C=O) groups is 1. The van der Waals surface area contributed by atoms with Gasteiger partial charge in [-0.25, -0.2) is 8.42 Å². The molecule has 0 aliphatic rings. The van der Waals surface area contributed by atoms with Crippen molar-refractivity contribution in [3.63, 3.8) is 0 Å². The van der Waals surface area contributed by atoms with E-state index in [1.807, 2.05) is 24.3 Å². The second-order valence-electron chi connectivity index (χ2n) is 8.13. The Balaban J connectivity index is 2.21. The summed E-state index contributed by atoms with van der Waals surface area (Å²) in [5.41, 5.74) is 1.12. The second kappa shape index (κ2) is 8.97. The minimum absolute atomic E-state index is 0.0870. The molecule has 7 heteroatoms. The van der Waals surface area contributed by atoms with Crippen LogP contribution in [0.5, 0.6) is 5.75 Å². The number of esters is 1. The van der Waals surface area contributed by atoms with Gasteiger partial charge in [-0.1, -0.05) is 38.1 Å². The van der Waals surface area contributed by atoms with Crippen LogP contribution in [0, 0.1) is 5.92 Å². The summed E-state index contributed by atoms with van der Waals surface area (Å²) in [5, 5.41) is 0. The Labute approximate surface area is 173 Å². The van der Waals surface area contributed by atoms with Gasteiger partial charge in [-0.15, -0.1) is 0 Å². The molecule has 2 aromatic rings. The molecule has 0 unspecified atom stereocenters. The van der Waals surface area contributed by atoms with Crippen molar-refractivity contribution >= 4 is 16.0 Å². The van der Waals surface area contributed by atoms with E-state index >= 15 is 0 Å². The molecule has 0 saturated heterocycles. The van der Waals surface area contributed by atoms with Crippen LogP contribution in [0.2, 0.25) is 0 Å². The highest BCUT2D eigenvalue weighted by molar-refractivity contribution is 7.89. The fraction of sp³-hybridized carbons (Fsp3) is 0.409. The zero-order valence-electron chi connectivity index (χ0n) is 17.7. The van der Waals surface area contributed by atoms with Crippen LogP contribution in [0.25, 0.3) is 11.1 Å². The van der Waals surface area contributed by atoms with Gasteiger partial charge in [0.25, 0.3) is 0 Å². The van der Waals surface area contributed by atoms with Gasteiger partial charge in [-0.2, -0.15) is 4.72 Å². The Kier molecular flexibility index (Phi) is 7.08. The summed E-state index contributed by atoms with van der Waals surface area (Å²) in [5.74, 6) is -0.108. The van der Waals surface area contributed by atoms with Crippen molar-refractivity contribution in [3.8, 4) is 16.9 Å². The van der Waals surface area contributed by atoms with E-state index < -0.39 is 27.6 Å². The maximum atomic E-state index is 12.8. The van der Waals surface area contributed by atoms with E-state index in [0.717, 1.165) is 16.9 Å². The summed E-state index contributed by atoms with van der Waals surface area (Å²) < 4.78 is 38.6. The molecule has 0 aliphatic carbocycles. The zero-order valence-corrected chi connectivity index (χ0v) is 18.5. The van der Waals surface area contributed by atoms with Crippen molar-refractivity contribution in [2.24, 2.45) is 5.92 Å². The lowest BCUT2D eigenvalue weighted by atomic mass is 10.1. The first-order valence-corrected chi connectivity index (χ1v) is 10.9. The summed E-state index contributed by atoms with van der Waals surface area (Å²) in [7, 11) is -2.29. The number of ether oxygens (including phenoxy) is 2. The summed E-state index contributed by atoms with van der Waals surface area (Å²) in [6.45, 7) is 8.77. The van der Waals surface area contributed by atoms with E-state index in [1.54, 1.807) is 53.9 Å². The van der Waals surface area contributed by atoms with Gasteiger partial charge >= 0.3 is 5.97 Å². The number of benzene rings is 2. The molecule has 2 rings (SSSR count). The van der Waals surface area contributed by atoms with Gasteiger partial charge in [0.05, 0.1) is 12.0 Å². The normalized spacial score (nSPS) is 13.2. The first-order valence-electron chi connectivity index (χ1n) is 9.42. The summed E-state index contributed by atoms with van der Waals surface area (Å²) >= 11 is 0. The lowest BCUT2D eigenvalue weighted by Gasteiger charge is -2.26. The minimum Gasteiger partial charge on any atom is -0.497 e. The van der Waals surface area contributed by atoms with E-state index in [1.165, 1.54) is 12.1 Å². The Morgan fingerprint density at radius 1 is 0.931 bits per heavy atom. The van der Waals surface area contributed by atoms with Crippen LogP contribution in [-0.2, 0) is 19.6 Å². The zero-order chi connectivity index (χ0) is 21.8. The predicted molar refractivity (Wildman–Crippen MR) is 113 cm³/mol. The van der Waals surface area contributed by atoms with Gasteiger partial charge < -0.3 is 9.47 Å². The highest BCUT2D eigenvalue weighted by atomic mass is 32.2. The molecule has 0 heterocycles. The Hall–Kier alpha value is -2.38. The molecule has 0 saturated carbocycles. The number of nitrogens with one attached hydrogen (secondary N) is 1. The third-order valence-electron chi connectivity index (χ3n) is 4.20. The Bertz CT molecular complexity index is 927. The van der Waals surface area contributed by atoms with Crippen LogP contribution < -0.4 is 9.46 Å². The average Bonchev–Trinajstić information content (AvgIpc) is 2.64. The molecule has 0 amide bonds. The Morgan fingerprint density at radius 2 is 1.41 bits per heavy atom. The summed E-state index contributed by atoms with van der Waals surface area (Å²) in [6.07, 6.45) is 0. The number of hydrogen-bond donors (Lipinski definition) is 1. The lowest BCUT2D eigenvalue weighted by Crippen LogP contribution is -2.47. The van der Waals surface area contributed by atoms with Crippen LogP contribution in [0.3, 0.4) is 0 Å². The molecule has 6 nitrogen and oxygen atoms in total. The number of sulfonamides is 1. The molecule has 158 valence electrons. The number of methoxy groups -OCH3 is 1. The van der Waals surface area contributed by atoms with Crippen molar-refractivity contribution in [1.29, 1.82) is 0 Å². The highest BCUT2D eigenvalue weighted by Crippen LogP contribution is 2.24. The van der Waals surface area contributed by atoms with Crippen molar-refractivity contribution in [1.82, 2.24) is 4.72 Å².